The molecule has 2 unspecified atom stereocenters. The molecular weight excluding hydrogens is 336 g/mol. The van der Waals surface area contributed by atoms with Gasteiger partial charge in [-0.05, 0) is 37.0 Å². The van der Waals surface area contributed by atoms with Gasteiger partial charge in [-0.3, -0.25) is 4.79 Å². The van der Waals surface area contributed by atoms with Crippen molar-refractivity contribution in [1.29, 1.82) is 0 Å². The minimum absolute atomic E-state index is 0.0546. The quantitative estimate of drug-likeness (QED) is 0.777. The van der Waals surface area contributed by atoms with Crippen LogP contribution >= 0.6 is 15.9 Å². The van der Waals surface area contributed by atoms with Crippen LogP contribution in [0.1, 0.15) is 43.0 Å². The molecule has 0 aromatic heterocycles. The fourth-order valence-corrected chi connectivity index (χ4v) is 3.21. The maximum absolute atomic E-state index is 12.5. The lowest BCUT2D eigenvalue weighted by Gasteiger charge is -2.35. The van der Waals surface area contributed by atoms with Crippen molar-refractivity contribution < 1.29 is 14.7 Å². The van der Waals surface area contributed by atoms with Crippen molar-refractivity contribution in [1.82, 2.24) is 0 Å². The molecule has 6 heteroatoms. The molecule has 0 spiro atoms. The average Bonchev–Trinajstić information content (AvgIpc) is 2.38. The van der Waals surface area contributed by atoms with E-state index in [1.165, 1.54) is 6.07 Å². The van der Waals surface area contributed by atoms with Gasteiger partial charge in [0.15, 0.2) is 0 Å². The summed E-state index contributed by atoms with van der Waals surface area (Å²) in [5, 5.41) is 11.9. The second-order valence-corrected chi connectivity index (χ2v) is 6.72. The van der Waals surface area contributed by atoms with Crippen molar-refractivity contribution in [2.24, 2.45) is 11.7 Å². The maximum atomic E-state index is 12.5. The Morgan fingerprint density at radius 2 is 2.19 bits per heavy atom. The summed E-state index contributed by atoms with van der Waals surface area (Å²) in [7, 11) is 0. The van der Waals surface area contributed by atoms with E-state index in [0.717, 1.165) is 12.8 Å². The van der Waals surface area contributed by atoms with Gasteiger partial charge in [0.25, 0.3) is 0 Å². The van der Waals surface area contributed by atoms with Crippen LogP contribution < -0.4 is 11.1 Å². The lowest BCUT2D eigenvalue weighted by Crippen LogP contribution is -2.53. The molecule has 1 saturated carbocycles. The van der Waals surface area contributed by atoms with Crippen LogP contribution in [-0.2, 0) is 4.79 Å². The predicted molar refractivity (Wildman–Crippen MR) is 84.3 cm³/mol. The van der Waals surface area contributed by atoms with Crippen LogP contribution in [-0.4, -0.2) is 22.5 Å². The summed E-state index contributed by atoms with van der Waals surface area (Å²) in [6, 6.07) is 4.66. The first-order chi connectivity index (χ1) is 9.82. The van der Waals surface area contributed by atoms with Gasteiger partial charge in [0, 0.05) is 4.47 Å². The molecule has 0 saturated heterocycles. The zero-order valence-electron chi connectivity index (χ0n) is 11.9. The summed E-state index contributed by atoms with van der Waals surface area (Å²) in [5.41, 5.74) is 5.64. The minimum Gasteiger partial charge on any atom is -0.478 e. The highest BCUT2D eigenvalue weighted by Gasteiger charge is 2.38. The smallest absolute Gasteiger partial charge is 0.337 e. The predicted octanol–water partition coefficient (Wildman–Crippen LogP) is 2.99. The number of aromatic carboxylic acids is 1. The molecule has 1 aromatic rings. The molecule has 2 rings (SSSR count). The van der Waals surface area contributed by atoms with E-state index in [-0.39, 0.29) is 17.2 Å². The van der Waals surface area contributed by atoms with Crippen molar-refractivity contribution in [3.8, 4) is 0 Å². The number of carboxylic acids is 1. The zero-order valence-corrected chi connectivity index (χ0v) is 13.4. The molecule has 0 heterocycles. The number of hydrogen-bond donors (Lipinski definition) is 3. The molecule has 1 aliphatic rings. The number of hydrogen-bond acceptors (Lipinski definition) is 3. The monoisotopic (exact) mass is 354 g/mol. The first-order valence-electron chi connectivity index (χ1n) is 6.95. The standard InChI is InChI=1S/C15H19BrN2O3/c1-9-3-2-6-15(17,8-9)14(21)18-12-7-10(16)4-5-11(12)13(19)20/h4-5,7,9H,2-3,6,8,17H2,1H3,(H,18,21)(H,19,20). The normalized spacial score (nSPS) is 25.4. The van der Waals surface area contributed by atoms with Crippen LogP contribution in [0.15, 0.2) is 22.7 Å². The Labute approximate surface area is 132 Å². The molecule has 1 amide bonds. The third-order valence-corrected chi connectivity index (χ3v) is 4.44. The number of carbonyl (C=O) groups is 2. The average molecular weight is 355 g/mol. The van der Waals surface area contributed by atoms with Gasteiger partial charge in [0.1, 0.15) is 0 Å². The van der Waals surface area contributed by atoms with Gasteiger partial charge in [-0.25, -0.2) is 4.79 Å². The van der Waals surface area contributed by atoms with Crippen molar-refractivity contribution in [2.45, 2.75) is 38.1 Å². The van der Waals surface area contributed by atoms with Crippen LogP contribution in [0.5, 0.6) is 0 Å². The molecule has 0 bridgehead atoms. The number of amides is 1. The number of halogens is 1. The van der Waals surface area contributed by atoms with E-state index in [1.807, 2.05) is 0 Å². The molecule has 114 valence electrons. The number of rotatable bonds is 3. The van der Waals surface area contributed by atoms with Gasteiger partial charge < -0.3 is 16.2 Å². The third-order valence-electron chi connectivity index (χ3n) is 3.94. The Morgan fingerprint density at radius 1 is 1.48 bits per heavy atom. The summed E-state index contributed by atoms with van der Waals surface area (Å²) in [6.07, 6.45) is 3.23. The molecule has 1 fully saturated rings. The van der Waals surface area contributed by atoms with E-state index in [4.69, 9.17) is 5.73 Å². The number of nitrogens with two attached hydrogens (primary N) is 1. The number of benzene rings is 1. The van der Waals surface area contributed by atoms with Gasteiger partial charge in [-0.1, -0.05) is 35.7 Å². The Kier molecular flexibility index (Phi) is 4.68. The van der Waals surface area contributed by atoms with E-state index in [1.54, 1.807) is 12.1 Å². The van der Waals surface area contributed by atoms with Crippen molar-refractivity contribution in [3.63, 3.8) is 0 Å². The fraction of sp³-hybridized carbons (Fsp3) is 0.467. The van der Waals surface area contributed by atoms with Crippen molar-refractivity contribution in [2.75, 3.05) is 5.32 Å². The highest BCUT2D eigenvalue weighted by Crippen LogP contribution is 2.32. The third kappa shape index (κ3) is 3.63. The maximum Gasteiger partial charge on any atom is 0.337 e. The molecule has 0 aliphatic heterocycles. The van der Waals surface area contributed by atoms with Crippen LogP contribution in [0, 0.1) is 5.92 Å². The van der Waals surface area contributed by atoms with Gasteiger partial charge in [-0.2, -0.15) is 0 Å². The van der Waals surface area contributed by atoms with Crippen LogP contribution in [0.3, 0.4) is 0 Å². The second-order valence-electron chi connectivity index (χ2n) is 5.81. The first-order valence-corrected chi connectivity index (χ1v) is 7.74. The molecule has 5 nitrogen and oxygen atoms in total. The Balaban J connectivity index is 2.23. The lowest BCUT2D eigenvalue weighted by molar-refractivity contribution is -0.122. The molecule has 21 heavy (non-hydrogen) atoms. The highest BCUT2D eigenvalue weighted by atomic mass is 79.9. The van der Waals surface area contributed by atoms with E-state index >= 15 is 0 Å². The number of carboxylic acid groups (broad SMARTS) is 1. The second kappa shape index (κ2) is 6.15. The van der Waals surface area contributed by atoms with Crippen LogP contribution in [0.25, 0.3) is 0 Å². The summed E-state index contributed by atoms with van der Waals surface area (Å²) in [5.74, 6) is -0.994. The SMILES string of the molecule is CC1CCCC(N)(C(=O)Nc2cc(Br)ccc2C(=O)O)C1. The zero-order chi connectivity index (χ0) is 15.6. The van der Waals surface area contributed by atoms with Gasteiger partial charge in [-0.15, -0.1) is 0 Å². The fourth-order valence-electron chi connectivity index (χ4n) is 2.85. The number of nitrogens with one attached hydrogen (secondary N) is 1. The van der Waals surface area contributed by atoms with E-state index in [9.17, 15) is 14.7 Å². The van der Waals surface area contributed by atoms with Crippen molar-refractivity contribution >= 4 is 33.5 Å². The first kappa shape index (κ1) is 16.0. The van der Waals surface area contributed by atoms with Gasteiger partial charge >= 0.3 is 5.97 Å². The van der Waals surface area contributed by atoms with Crippen LogP contribution in [0.4, 0.5) is 5.69 Å². The van der Waals surface area contributed by atoms with E-state index in [2.05, 4.69) is 28.2 Å². The summed E-state index contributed by atoms with van der Waals surface area (Å²) in [4.78, 5) is 23.7. The van der Waals surface area contributed by atoms with Gasteiger partial charge in [0.05, 0.1) is 16.8 Å². The number of anilines is 1. The van der Waals surface area contributed by atoms with E-state index < -0.39 is 11.5 Å². The lowest BCUT2D eigenvalue weighted by atomic mass is 9.76. The van der Waals surface area contributed by atoms with Crippen LogP contribution in [0.2, 0.25) is 0 Å². The van der Waals surface area contributed by atoms with E-state index in [0.29, 0.717) is 23.2 Å². The topological polar surface area (TPSA) is 92.4 Å². The Bertz CT molecular complexity index is 576. The molecule has 1 aliphatic carbocycles. The van der Waals surface area contributed by atoms with Crippen molar-refractivity contribution in [3.05, 3.63) is 28.2 Å². The Morgan fingerprint density at radius 3 is 2.81 bits per heavy atom. The summed E-state index contributed by atoms with van der Waals surface area (Å²) >= 11 is 3.28. The molecule has 0 radical (unpaired) electrons. The molecule has 4 N–H and O–H groups in total. The Hall–Kier alpha value is -1.40. The molecule has 1 aromatic carbocycles. The summed E-state index contributed by atoms with van der Waals surface area (Å²) in [6.45, 7) is 2.08. The minimum atomic E-state index is -1.08. The number of carbonyl (C=O) groups excluding carboxylic acids is 1. The molecule has 2 atom stereocenters. The molecular formula is C15H19BrN2O3. The van der Waals surface area contributed by atoms with Gasteiger partial charge in [0.2, 0.25) is 5.91 Å². The summed E-state index contributed by atoms with van der Waals surface area (Å²) < 4.78 is 0.700. The largest absolute Gasteiger partial charge is 0.478 e. The highest BCUT2D eigenvalue weighted by molar-refractivity contribution is 9.10.